The first-order valence-corrected chi connectivity index (χ1v) is 9.07. The molecule has 0 heterocycles. The van der Waals surface area contributed by atoms with Gasteiger partial charge in [0.15, 0.2) is 0 Å². The largest absolute Gasteiger partial charge is 0.322 e. The van der Waals surface area contributed by atoms with Crippen molar-refractivity contribution in [2.75, 3.05) is 19.4 Å². The molecule has 1 amide bonds. The van der Waals surface area contributed by atoms with Gasteiger partial charge in [-0.05, 0) is 43.7 Å². The Morgan fingerprint density at radius 3 is 2.27 bits per heavy atom. The van der Waals surface area contributed by atoms with Crippen molar-refractivity contribution in [3.8, 4) is 0 Å². The Morgan fingerprint density at radius 2 is 1.73 bits per heavy atom. The zero-order chi connectivity index (χ0) is 19.6. The van der Waals surface area contributed by atoms with Gasteiger partial charge in [0.25, 0.3) is 11.6 Å². The number of nitro benzene ring substituents is 1. The first-order valence-electron chi connectivity index (χ1n) is 7.63. The van der Waals surface area contributed by atoms with Gasteiger partial charge in [0.2, 0.25) is 10.0 Å². The second-order valence-electron chi connectivity index (χ2n) is 5.98. The standard InChI is InChI=1S/C17H19N3O5S/c1-11-5-7-14(26(24,25)19(3)4)10-15(11)18-17(21)13-6-8-16(20(22)23)12(2)9-13/h5-10H,1-4H3,(H,18,21). The van der Waals surface area contributed by atoms with E-state index >= 15 is 0 Å². The summed E-state index contributed by atoms with van der Waals surface area (Å²) in [4.78, 5) is 22.9. The lowest BCUT2D eigenvalue weighted by atomic mass is 10.1. The monoisotopic (exact) mass is 377 g/mol. The third kappa shape index (κ3) is 3.89. The van der Waals surface area contributed by atoms with Gasteiger partial charge in [-0.3, -0.25) is 14.9 Å². The molecule has 0 aliphatic rings. The molecular weight excluding hydrogens is 358 g/mol. The van der Waals surface area contributed by atoms with Gasteiger partial charge in [0.05, 0.1) is 9.82 Å². The van der Waals surface area contributed by atoms with E-state index < -0.39 is 20.9 Å². The van der Waals surface area contributed by atoms with Crippen molar-refractivity contribution in [3.63, 3.8) is 0 Å². The molecule has 26 heavy (non-hydrogen) atoms. The molecule has 0 atom stereocenters. The number of hydrogen-bond acceptors (Lipinski definition) is 5. The van der Waals surface area contributed by atoms with Crippen LogP contribution in [0.3, 0.4) is 0 Å². The van der Waals surface area contributed by atoms with Gasteiger partial charge in [-0.2, -0.15) is 0 Å². The number of rotatable bonds is 5. The highest BCUT2D eigenvalue weighted by molar-refractivity contribution is 7.89. The van der Waals surface area contributed by atoms with E-state index in [4.69, 9.17) is 0 Å². The van der Waals surface area contributed by atoms with Crippen LogP contribution in [0, 0.1) is 24.0 Å². The Bertz CT molecular complexity index is 984. The van der Waals surface area contributed by atoms with Crippen LogP contribution < -0.4 is 5.32 Å². The average molecular weight is 377 g/mol. The number of carbonyl (C=O) groups excluding carboxylic acids is 1. The van der Waals surface area contributed by atoms with Crippen molar-refractivity contribution >= 4 is 27.3 Å². The summed E-state index contributed by atoms with van der Waals surface area (Å²) in [6.07, 6.45) is 0. The van der Waals surface area contributed by atoms with E-state index in [0.29, 0.717) is 16.8 Å². The molecule has 0 radical (unpaired) electrons. The molecule has 0 saturated heterocycles. The van der Waals surface area contributed by atoms with Crippen molar-refractivity contribution in [1.82, 2.24) is 4.31 Å². The number of sulfonamides is 1. The second kappa shape index (κ2) is 7.22. The highest BCUT2D eigenvalue weighted by Gasteiger charge is 2.19. The van der Waals surface area contributed by atoms with Crippen molar-refractivity contribution < 1.29 is 18.1 Å². The van der Waals surface area contributed by atoms with Gasteiger partial charge < -0.3 is 5.32 Å². The first-order chi connectivity index (χ1) is 12.0. The molecule has 9 heteroatoms. The Hall–Kier alpha value is -2.78. The normalized spacial score (nSPS) is 11.4. The number of nitrogens with one attached hydrogen (secondary N) is 1. The zero-order valence-corrected chi connectivity index (χ0v) is 15.6. The first kappa shape index (κ1) is 19.5. The molecule has 0 spiro atoms. The summed E-state index contributed by atoms with van der Waals surface area (Å²) in [5.41, 5.74) is 1.58. The smallest absolute Gasteiger partial charge is 0.272 e. The molecule has 8 nitrogen and oxygen atoms in total. The zero-order valence-electron chi connectivity index (χ0n) is 14.8. The number of nitro groups is 1. The van der Waals surface area contributed by atoms with E-state index in [1.165, 1.54) is 44.4 Å². The summed E-state index contributed by atoms with van der Waals surface area (Å²) in [6, 6.07) is 8.51. The van der Waals surface area contributed by atoms with Gasteiger partial charge in [-0.25, -0.2) is 12.7 Å². The molecule has 0 saturated carbocycles. The Morgan fingerprint density at radius 1 is 1.08 bits per heavy atom. The van der Waals surface area contributed by atoms with E-state index in [1.807, 2.05) is 0 Å². The number of amides is 1. The Balaban J connectivity index is 2.35. The predicted molar refractivity (Wildman–Crippen MR) is 97.8 cm³/mol. The van der Waals surface area contributed by atoms with E-state index in [1.54, 1.807) is 19.9 Å². The summed E-state index contributed by atoms with van der Waals surface area (Å²) >= 11 is 0. The minimum atomic E-state index is -3.63. The van der Waals surface area contributed by atoms with Crippen LogP contribution in [-0.2, 0) is 10.0 Å². The van der Waals surface area contributed by atoms with Crippen LogP contribution in [-0.4, -0.2) is 37.6 Å². The number of nitrogens with zero attached hydrogens (tertiary/aromatic N) is 2. The van der Waals surface area contributed by atoms with Crippen LogP contribution in [0.5, 0.6) is 0 Å². The lowest BCUT2D eigenvalue weighted by Crippen LogP contribution is -2.22. The third-order valence-corrected chi connectivity index (χ3v) is 5.70. The number of anilines is 1. The maximum absolute atomic E-state index is 12.5. The molecule has 2 aromatic carbocycles. The third-order valence-electron chi connectivity index (χ3n) is 3.89. The summed E-state index contributed by atoms with van der Waals surface area (Å²) in [5.74, 6) is -0.481. The molecule has 138 valence electrons. The fourth-order valence-corrected chi connectivity index (χ4v) is 3.23. The minimum absolute atomic E-state index is 0.0586. The molecule has 2 aromatic rings. The SMILES string of the molecule is Cc1ccc(S(=O)(=O)N(C)C)cc1NC(=O)c1ccc([N+](=O)[O-])c(C)c1. The topological polar surface area (TPSA) is 110 Å². The molecule has 0 aliphatic carbocycles. The van der Waals surface area contributed by atoms with Crippen LogP contribution in [0.2, 0.25) is 0 Å². The van der Waals surface area contributed by atoms with E-state index in [0.717, 1.165) is 4.31 Å². The fraction of sp³-hybridized carbons (Fsp3) is 0.235. The predicted octanol–water partition coefficient (Wildman–Crippen LogP) is 2.71. The second-order valence-corrected chi connectivity index (χ2v) is 8.13. The highest BCUT2D eigenvalue weighted by atomic mass is 32.2. The van der Waals surface area contributed by atoms with E-state index in [-0.39, 0.29) is 16.1 Å². The van der Waals surface area contributed by atoms with Gasteiger partial charge in [-0.15, -0.1) is 0 Å². The summed E-state index contributed by atoms with van der Waals surface area (Å²) in [5, 5.41) is 13.5. The molecular formula is C17H19N3O5S. The highest BCUT2D eigenvalue weighted by Crippen LogP contribution is 2.24. The molecule has 2 rings (SSSR count). The molecule has 0 aliphatic heterocycles. The van der Waals surface area contributed by atoms with Gasteiger partial charge >= 0.3 is 0 Å². The molecule has 1 N–H and O–H groups in total. The molecule has 0 aromatic heterocycles. The van der Waals surface area contributed by atoms with E-state index in [9.17, 15) is 23.3 Å². The maximum atomic E-state index is 12.5. The number of benzene rings is 2. The van der Waals surface area contributed by atoms with Crippen LogP contribution in [0.1, 0.15) is 21.5 Å². The number of hydrogen-bond donors (Lipinski definition) is 1. The van der Waals surface area contributed by atoms with Gasteiger partial charge in [0, 0.05) is 37.0 Å². The van der Waals surface area contributed by atoms with E-state index in [2.05, 4.69) is 5.32 Å². The number of carbonyl (C=O) groups is 1. The quantitative estimate of drug-likeness (QED) is 0.636. The summed E-state index contributed by atoms with van der Waals surface area (Å²) in [7, 11) is -0.784. The van der Waals surface area contributed by atoms with Crippen LogP contribution in [0.25, 0.3) is 0 Å². The lowest BCUT2D eigenvalue weighted by Gasteiger charge is -2.14. The van der Waals surface area contributed by atoms with Crippen molar-refractivity contribution in [3.05, 3.63) is 63.2 Å². The van der Waals surface area contributed by atoms with Crippen molar-refractivity contribution in [1.29, 1.82) is 0 Å². The Kier molecular flexibility index (Phi) is 5.43. The summed E-state index contributed by atoms with van der Waals surface area (Å²) in [6.45, 7) is 3.28. The van der Waals surface area contributed by atoms with Crippen LogP contribution in [0.4, 0.5) is 11.4 Å². The van der Waals surface area contributed by atoms with Crippen molar-refractivity contribution in [2.45, 2.75) is 18.7 Å². The fourth-order valence-electron chi connectivity index (χ4n) is 2.30. The van der Waals surface area contributed by atoms with Crippen molar-refractivity contribution in [2.24, 2.45) is 0 Å². The number of aryl methyl sites for hydroxylation is 2. The van der Waals surface area contributed by atoms with Crippen LogP contribution >= 0.6 is 0 Å². The van der Waals surface area contributed by atoms with Crippen LogP contribution in [0.15, 0.2) is 41.3 Å². The Labute approximate surface area is 151 Å². The lowest BCUT2D eigenvalue weighted by molar-refractivity contribution is -0.385. The summed E-state index contributed by atoms with van der Waals surface area (Å²) < 4.78 is 25.6. The van der Waals surface area contributed by atoms with Gasteiger partial charge in [0.1, 0.15) is 0 Å². The van der Waals surface area contributed by atoms with Gasteiger partial charge in [-0.1, -0.05) is 6.07 Å². The molecule has 0 unspecified atom stereocenters. The maximum Gasteiger partial charge on any atom is 0.272 e. The average Bonchev–Trinajstić information content (AvgIpc) is 2.55. The minimum Gasteiger partial charge on any atom is -0.322 e. The molecule has 0 fully saturated rings. The molecule has 0 bridgehead atoms.